The predicted molar refractivity (Wildman–Crippen MR) is 101 cm³/mol. The number of hydrogen-bond acceptors (Lipinski definition) is 5. The quantitative estimate of drug-likeness (QED) is 0.872. The molecule has 0 bridgehead atoms. The second-order valence-corrected chi connectivity index (χ2v) is 8.43. The highest BCUT2D eigenvalue weighted by Gasteiger charge is 2.35. The van der Waals surface area contributed by atoms with Crippen molar-refractivity contribution >= 4 is 27.1 Å². The third-order valence-electron chi connectivity index (χ3n) is 4.33. The lowest BCUT2D eigenvalue weighted by molar-refractivity contribution is -0.117. The van der Waals surface area contributed by atoms with Crippen molar-refractivity contribution in [2.24, 2.45) is 0 Å². The molecule has 1 atom stereocenters. The van der Waals surface area contributed by atoms with Crippen LogP contribution in [0.4, 0.5) is 11.4 Å². The maximum atomic E-state index is 12.9. The molecule has 1 aliphatic rings. The fourth-order valence-corrected chi connectivity index (χ4v) is 4.75. The number of amides is 1. The summed E-state index contributed by atoms with van der Waals surface area (Å²) in [6.45, 7) is 0.0390. The van der Waals surface area contributed by atoms with E-state index in [1.807, 2.05) is 36.4 Å². The van der Waals surface area contributed by atoms with E-state index in [0.717, 1.165) is 5.69 Å². The van der Waals surface area contributed by atoms with Gasteiger partial charge < -0.3 is 10.2 Å². The molecule has 0 unspecified atom stereocenters. The van der Waals surface area contributed by atoms with Crippen molar-refractivity contribution in [2.45, 2.75) is 12.5 Å². The lowest BCUT2D eigenvalue weighted by Gasteiger charge is -2.28. The first kappa shape index (κ1) is 18.0. The highest BCUT2D eigenvalue weighted by atomic mass is 32.2. The Hall–Kier alpha value is -2.85. The molecule has 2 aromatic carbocycles. The maximum absolute atomic E-state index is 12.9. The van der Waals surface area contributed by atoms with Crippen molar-refractivity contribution in [1.29, 1.82) is 5.26 Å². The average molecular weight is 369 g/mol. The van der Waals surface area contributed by atoms with Gasteiger partial charge >= 0.3 is 0 Å². The molecule has 26 heavy (non-hydrogen) atoms. The Morgan fingerprint density at radius 2 is 1.85 bits per heavy atom. The molecule has 134 valence electrons. The van der Waals surface area contributed by atoms with Gasteiger partial charge in [-0.05, 0) is 42.8 Å². The Labute approximate surface area is 153 Å². The van der Waals surface area contributed by atoms with Gasteiger partial charge in [-0.25, -0.2) is 8.42 Å². The van der Waals surface area contributed by atoms with Crippen LogP contribution >= 0.6 is 0 Å². The number of rotatable bonds is 5. The van der Waals surface area contributed by atoms with Crippen molar-refractivity contribution in [2.75, 3.05) is 28.3 Å². The molecule has 3 rings (SSSR count). The number of carbonyl (C=O) groups is 1. The van der Waals surface area contributed by atoms with Crippen LogP contribution in [0.1, 0.15) is 12.0 Å². The van der Waals surface area contributed by atoms with Gasteiger partial charge in [0.1, 0.15) is 0 Å². The number of nitrogens with one attached hydrogen (secondary N) is 1. The second kappa shape index (κ2) is 7.58. The van der Waals surface area contributed by atoms with Crippen LogP contribution in [0.5, 0.6) is 0 Å². The van der Waals surface area contributed by atoms with Gasteiger partial charge in [0.05, 0.1) is 35.7 Å². The van der Waals surface area contributed by atoms with E-state index in [1.54, 1.807) is 29.2 Å². The number of nitrogens with zero attached hydrogens (tertiary/aromatic N) is 2. The molecule has 1 amide bonds. The maximum Gasteiger partial charge on any atom is 0.246 e. The van der Waals surface area contributed by atoms with E-state index in [9.17, 15) is 13.2 Å². The fraction of sp³-hybridized carbons (Fsp3) is 0.263. The number of benzene rings is 2. The minimum absolute atomic E-state index is 0.00942. The molecule has 1 saturated heterocycles. The summed E-state index contributed by atoms with van der Waals surface area (Å²) in [6, 6.07) is 17.6. The molecule has 2 aromatic rings. The van der Waals surface area contributed by atoms with Gasteiger partial charge in [0.25, 0.3) is 0 Å². The topological polar surface area (TPSA) is 90.3 Å². The van der Waals surface area contributed by atoms with E-state index in [0.29, 0.717) is 17.7 Å². The van der Waals surface area contributed by atoms with E-state index in [4.69, 9.17) is 5.26 Å². The monoisotopic (exact) mass is 369 g/mol. The molecule has 0 aromatic heterocycles. The summed E-state index contributed by atoms with van der Waals surface area (Å²) in [7, 11) is -3.10. The summed E-state index contributed by atoms with van der Waals surface area (Å²) in [5.74, 6) is -0.0929. The van der Waals surface area contributed by atoms with Crippen LogP contribution in [0.2, 0.25) is 0 Å². The third kappa shape index (κ3) is 4.21. The molecular formula is C19H19N3O3S. The van der Waals surface area contributed by atoms with E-state index in [1.165, 1.54) is 0 Å². The summed E-state index contributed by atoms with van der Waals surface area (Å²) in [5, 5.41) is 11.9. The van der Waals surface area contributed by atoms with Crippen LogP contribution in [0.15, 0.2) is 54.6 Å². The first-order valence-electron chi connectivity index (χ1n) is 8.30. The van der Waals surface area contributed by atoms with Crippen molar-refractivity contribution < 1.29 is 13.2 Å². The van der Waals surface area contributed by atoms with E-state index < -0.39 is 9.84 Å². The number of nitriles is 1. The minimum Gasteiger partial charge on any atom is -0.376 e. The Balaban J connectivity index is 1.75. The molecular weight excluding hydrogens is 350 g/mol. The number of hydrogen-bond donors (Lipinski definition) is 1. The summed E-state index contributed by atoms with van der Waals surface area (Å²) in [5.41, 5.74) is 1.97. The Morgan fingerprint density at radius 1 is 1.15 bits per heavy atom. The van der Waals surface area contributed by atoms with E-state index >= 15 is 0 Å². The number of sulfone groups is 1. The van der Waals surface area contributed by atoms with E-state index in [2.05, 4.69) is 5.32 Å². The highest BCUT2D eigenvalue weighted by Crippen LogP contribution is 2.24. The lowest BCUT2D eigenvalue weighted by atomic mass is 10.1. The molecule has 0 spiro atoms. The van der Waals surface area contributed by atoms with Crippen molar-refractivity contribution in [1.82, 2.24) is 0 Å². The standard InChI is InChI=1S/C19H19N3O3S/c20-12-15-6-8-16(9-7-15)21-13-19(23)22(17-4-2-1-3-5-17)18-10-11-26(24,25)14-18/h1-9,18,21H,10-11,13-14H2/t18-/m0/s1. The van der Waals surface area contributed by atoms with Crippen LogP contribution in [0.25, 0.3) is 0 Å². The SMILES string of the molecule is N#Cc1ccc(NCC(=O)N(c2ccccc2)[C@H]2CCS(=O)(=O)C2)cc1. The predicted octanol–water partition coefficient (Wildman–Crippen LogP) is 2.19. The van der Waals surface area contributed by atoms with E-state index in [-0.39, 0.29) is 30.0 Å². The van der Waals surface area contributed by atoms with Crippen molar-refractivity contribution in [3.8, 4) is 6.07 Å². The molecule has 0 aliphatic carbocycles. The van der Waals surface area contributed by atoms with Gasteiger partial charge in [0.15, 0.2) is 9.84 Å². The van der Waals surface area contributed by atoms with Crippen molar-refractivity contribution in [3.63, 3.8) is 0 Å². The smallest absolute Gasteiger partial charge is 0.246 e. The Bertz CT molecular complexity index is 919. The van der Waals surface area contributed by atoms with Gasteiger partial charge in [-0.3, -0.25) is 4.79 Å². The first-order valence-corrected chi connectivity index (χ1v) is 10.1. The number of carbonyl (C=O) groups excluding carboxylic acids is 1. The third-order valence-corrected chi connectivity index (χ3v) is 6.08. The lowest BCUT2D eigenvalue weighted by Crippen LogP contribution is -2.44. The summed E-state index contributed by atoms with van der Waals surface area (Å²) in [4.78, 5) is 14.4. The molecule has 1 aliphatic heterocycles. The molecule has 0 saturated carbocycles. The first-order chi connectivity index (χ1) is 12.5. The van der Waals surface area contributed by atoms with Gasteiger partial charge in [0.2, 0.25) is 5.91 Å². The number of para-hydroxylation sites is 1. The zero-order valence-corrected chi connectivity index (χ0v) is 14.9. The van der Waals surface area contributed by atoms with Gasteiger partial charge in [0, 0.05) is 11.4 Å². The number of anilines is 2. The summed E-state index contributed by atoms with van der Waals surface area (Å²) in [6.07, 6.45) is 0.444. The molecule has 1 N–H and O–H groups in total. The fourth-order valence-electron chi connectivity index (χ4n) is 3.05. The second-order valence-electron chi connectivity index (χ2n) is 6.20. The molecule has 1 fully saturated rings. The Morgan fingerprint density at radius 3 is 2.42 bits per heavy atom. The average Bonchev–Trinajstić information content (AvgIpc) is 3.01. The molecule has 0 radical (unpaired) electrons. The van der Waals surface area contributed by atoms with Gasteiger partial charge in [-0.15, -0.1) is 0 Å². The Kier molecular flexibility index (Phi) is 5.24. The molecule has 6 nitrogen and oxygen atoms in total. The zero-order valence-electron chi connectivity index (χ0n) is 14.1. The van der Waals surface area contributed by atoms with Crippen LogP contribution in [0.3, 0.4) is 0 Å². The van der Waals surface area contributed by atoms with Crippen LogP contribution in [0, 0.1) is 11.3 Å². The highest BCUT2D eigenvalue weighted by molar-refractivity contribution is 7.91. The molecule has 7 heteroatoms. The molecule has 1 heterocycles. The summed E-state index contributed by atoms with van der Waals surface area (Å²) < 4.78 is 23.7. The van der Waals surface area contributed by atoms with Gasteiger partial charge in [-0.1, -0.05) is 18.2 Å². The zero-order chi connectivity index (χ0) is 18.6. The minimum atomic E-state index is -3.10. The van der Waals surface area contributed by atoms with Crippen molar-refractivity contribution in [3.05, 3.63) is 60.2 Å². The normalized spacial score (nSPS) is 18.0. The van der Waals surface area contributed by atoms with Crippen LogP contribution < -0.4 is 10.2 Å². The largest absolute Gasteiger partial charge is 0.376 e. The summed E-state index contributed by atoms with van der Waals surface area (Å²) >= 11 is 0. The van der Waals surface area contributed by atoms with Gasteiger partial charge in [-0.2, -0.15) is 5.26 Å². The van der Waals surface area contributed by atoms with Crippen LogP contribution in [-0.4, -0.2) is 38.4 Å². The van der Waals surface area contributed by atoms with Crippen LogP contribution in [-0.2, 0) is 14.6 Å².